The minimum Gasteiger partial charge on any atom is -0.291 e. The average molecular weight is 149 g/mol. The quantitative estimate of drug-likeness (QED) is 0.630. The van der Waals surface area contributed by atoms with Crippen molar-refractivity contribution in [3.05, 3.63) is 42.0 Å². The van der Waals surface area contributed by atoms with Crippen molar-refractivity contribution in [2.45, 2.75) is 6.92 Å². The molecule has 0 bridgehead atoms. The molecule has 0 amide bonds. The Morgan fingerprint density at radius 2 is 2.09 bits per heavy atom. The topological polar surface area (TPSA) is 32.3 Å². The van der Waals surface area contributed by atoms with Gasteiger partial charge in [-0.25, -0.2) is 0 Å². The van der Waals surface area contributed by atoms with Crippen LogP contribution in [0.1, 0.15) is 11.1 Å². The van der Waals surface area contributed by atoms with Crippen LogP contribution in [0.4, 0.5) is 0 Å². The minimum absolute atomic E-state index is 0.531. The molecule has 0 aliphatic carbocycles. The van der Waals surface area contributed by atoms with Crippen LogP contribution in [-0.2, 0) is 0 Å². The van der Waals surface area contributed by atoms with Gasteiger partial charge in [0.25, 0.3) is 0 Å². The fourth-order valence-corrected chi connectivity index (χ4v) is 0.972. The number of hydrogen-bond donors (Lipinski definition) is 2. The molecule has 2 heteroatoms. The molecule has 11 heavy (non-hydrogen) atoms. The maximum absolute atomic E-state index is 8.56. The van der Waals surface area contributed by atoms with Crippen LogP contribution in [0.3, 0.4) is 0 Å². The van der Waals surface area contributed by atoms with Crippen LogP contribution in [0.25, 0.3) is 5.70 Å². The van der Waals surface area contributed by atoms with Crippen molar-refractivity contribution in [1.82, 2.24) is 5.48 Å². The summed E-state index contributed by atoms with van der Waals surface area (Å²) in [6.07, 6.45) is 0. The first kappa shape index (κ1) is 7.82. The lowest BCUT2D eigenvalue weighted by Crippen LogP contribution is -2.04. The molecule has 0 heterocycles. The maximum Gasteiger partial charge on any atom is 0.0605 e. The Hall–Kier alpha value is -1.28. The second-order valence-corrected chi connectivity index (χ2v) is 2.41. The SMILES string of the molecule is C=C(NO)c1ccccc1C. The fraction of sp³-hybridized carbons (Fsp3) is 0.111. The van der Waals surface area contributed by atoms with Gasteiger partial charge in [-0.15, -0.1) is 0 Å². The van der Waals surface area contributed by atoms with Gasteiger partial charge in [0.15, 0.2) is 0 Å². The highest BCUT2D eigenvalue weighted by atomic mass is 16.5. The smallest absolute Gasteiger partial charge is 0.0605 e. The van der Waals surface area contributed by atoms with Crippen molar-refractivity contribution < 1.29 is 5.21 Å². The van der Waals surface area contributed by atoms with Crippen molar-refractivity contribution >= 4 is 5.70 Å². The number of benzene rings is 1. The first-order valence-corrected chi connectivity index (χ1v) is 3.40. The van der Waals surface area contributed by atoms with Crippen LogP contribution >= 0.6 is 0 Å². The van der Waals surface area contributed by atoms with Gasteiger partial charge in [-0.05, 0) is 12.5 Å². The van der Waals surface area contributed by atoms with E-state index in [-0.39, 0.29) is 0 Å². The van der Waals surface area contributed by atoms with Gasteiger partial charge >= 0.3 is 0 Å². The predicted octanol–water partition coefficient (Wildman–Crippen LogP) is 1.94. The number of nitrogens with one attached hydrogen (secondary N) is 1. The molecule has 0 atom stereocenters. The van der Waals surface area contributed by atoms with Crippen LogP contribution < -0.4 is 5.48 Å². The average Bonchev–Trinajstić information content (AvgIpc) is 2.04. The number of hydrogen-bond acceptors (Lipinski definition) is 2. The van der Waals surface area contributed by atoms with E-state index in [2.05, 4.69) is 6.58 Å². The molecular formula is C9H11NO. The molecule has 0 saturated carbocycles. The summed E-state index contributed by atoms with van der Waals surface area (Å²) < 4.78 is 0. The lowest BCUT2D eigenvalue weighted by molar-refractivity contribution is 0.225. The zero-order valence-corrected chi connectivity index (χ0v) is 6.46. The van der Waals surface area contributed by atoms with Gasteiger partial charge in [0.2, 0.25) is 0 Å². The molecule has 0 fully saturated rings. The third-order valence-corrected chi connectivity index (χ3v) is 1.61. The zero-order chi connectivity index (χ0) is 8.27. The van der Waals surface area contributed by atoms with Gasteiger partial charge in [0, 0.05) is 5.56 Å². The first-order valence-electron chi connectivity index (χ1n) is 3.40. The molecule has 0 aliphatic rings. The Bertz CT molecular complexity index is 268. The number of rotatable bonds is 2. The Morgan fingerprint density at radius 3 is 2.64 bits per heavy atom. The Kier molecular flexibility index (Phi) is 2.28. The molecule has 0 spiro atoms. The molecule has 58 valence electrons. The lowest BCUT2D eigenvalue weighted by Gasteiger charge is -2.05. The summed E-state index contributed by atoms with van der Waals surface area (Å²) in [6, 6.07) is 7.73. The highest BCUT2D eigenvalue weighted by molar-refractivity contribution is 5.63. The maximum atomic E-state index is 8.56. The largest absolute Gasteiger partial charge is 0.291 e. The molecule has 2 nitrogen and oxygen atoms in total. The zero-order valence-electron chi connectivity index (χ0n) is 6.46. The second kappa shape index (κ2) is 3.21. The fourth-order valence-electron chi connectivity index (χ4n) is 0.972. The van der Waals surface area contributed by atoms with Crippen LogP contribution in [-0.4, -0.2) is 5.21 Å². The summed E-state index contributed by atoms with van der Waals surface area (Å²) in [5, 5.41) is 8.56. The van der Waals surface area contributed by atoms with E-state index in [1.54, 1.807) is 0 Å². The second-order valence-electron chi connectivity index (χ2n) is 2.41. The van der Waals surface area contributed by atoms with E-state index in [1.807, 2.05) is 36.7 Å². The van der Waals surface area contributed by atoms with E-state index in [0.717, 1.165) is 11.1 Å². The van der Waals surface area contributed by atoms with E-state index in [1.165, 1.54) is 0 Å². The van der Waals surface area contributed by atoms with Crippen LogP contribution in [0, 0.1) is 6.92 Å². The van der Waals surface area contributed by atoms with Crippen LogP contribution in [0.5, 0.6) is 0 Å². The molecule has 1 rings (SSSR count). The van der Waals surface area contributed by atoms with Gasteiger partial charge in [-0.2, -0.15) is 0 Å². The summed E-state index contributed by atoms with van der Waals surface area (Å²) in [7, 11) is 0. The number of aryl methyl sites for hydroxylation is 1. The number of hydroxylamine groups is 1. The van der Waals surface area contributed by atoms with Crippen LogP contribution in [0.2, 0.25) is 0 Å². The Balaban J connectivity index is 3.03. The van der Waals surface area contributed by atoms with Crippen molar-refractivity contribution in [2.24, 2.45) is 0 Å². The Labute approximate surface area is 66.1 Å². The summed E-state index contributed by atoms with van der Waals surface area (Å²) in [6.45, 7) is 5.61. The van der Waals surface area contributed by atoms with Gasteiger partial charge in [-0.1, -0.05) is 30.8 Å². The third-order valence-electron chi connectivity index (χ3n) is 1.61. The molecule has 0 aliphatic heterocycles. The van der Waals surface area contributed by atoms with E-state index < -0.39 is 0 Å². The third kappa shape index (κ3) is 1.59. The molecule has 1 aromatic rings. The normalized spacial score (nSPS) is 9.27. The lowest BCUT2D eigenvalue weighted by atomic mass is 10.1. The molecule has 0 aromatic heterocycles. The van der Waals surface area contributed by atoms with Gasteiger partial charge in [-0.3, -0.25) is 10.7 Å². The van der Waals surface area contributed by atoms with Gasteiger partial charge < -0.3 is 0 Å². The summed E-state index contributed by atoms with van der Waals surface area (Å²) in [5.74, 6) is 0. The monoisotopic (exact) mass is 149 g/mol. The van der Waals surface area contributed by atoms with Crippen molar-refractivity contribution in [3.63, 3.8) is 0 Å². The summed E-state index contributed by atoms with van der Waals surface area (Å²) in [4.78, 5) is 0. The first-order chi connectivity index (χ1) is 5.25. The Morgan fingerprint density at radius 1 is 1.45 bits per heavy atom. The molecule has 2 N–H and O–H groups in total. The standard InChI is InChI=1S/C9H11NO/c1-7-5-3-4-6-9(7)8(2)10-11/h3-6,10-11H,2H2,1H3. The summed E-state index contributed by atoms with van der Waals surface area (Å²) in [5.41, 5.74) is 4.59. The van der Waals surface area contributed by atoms with E-state index >= 15 is 0 Å². The minimum atomic E-state index is 0.531. The van der Waals surface area contributed by atoms with Gasteiger partial charge in [0.1, 0.15) is 0 Å². The summed E-state index contributed by atoms with van der Waals surface area (Å²) >= 11 is 0. The molecule has 0 unspecified atom stereocenters. The molecule has 1 aromatic carbocycles. The van der Waals surface area contributed by atoms with Crippen molar-refractivity contribution in [2.75, 3.05) is 0 Å². The van der Waals surface area contributed by atoms with Crippen LogP contribution in [0.15, 0.2) is 30.8 Å². The van der Waals surface area contributed by atoms with E-state index in [4.69, 9.17) is 5.21 Å². The van der Waals surface area contributed by atoms with Crippen molar-refractivity contribution in [3.8, 4) is 0 Å². The van der Waals surface area contributed by atoms with E-state index in [0.29, 0.717) is 5.70 Å². The highest BCUT2D eigenvalue weighted by Gasteiger charge is 1.98. The molecule has 0 saturated heterocycles. The highest BCUT2D eigenvalue weighted by Crippen LogP contribution is 2.13. The van der Waals surface area contributed by atoms with Gasteiger partial charge in [0.05, 0.1) is 5.70 Å². The van der Waals surface area contributed by atoms with Crippen molar-refractivity contribution in [1.29, 1.82) is 0 Å². The molecule has 0 radical (unpaired) electrons. The molecular weight excluding hydrogens is 138 g/mol. The van der Waals surface area contributed by atoms with E-state index in [9.17, 15) is 0 Å². The predicted molar refractivity (Wildman–Crippen MR) is 45.1 cm³/mol.